The summed E-state index contributed by atoms with van der Waals surface area (Å²) in [6.07, 6.45) is 0. The molecule has 0 fully saturated rings. The van der Waals surface area contributed by atoms with E-state index in [0.29, 0.717) is 19.7 Å². The van der Waals surface area contributed by atoms with E-state index >= 15 is 0 Å². The first-order chi connectivity index (χ1) is 10.6. The third kappa shape index (κ3) is 5.58. The van der Waals surface area contributed by atoms with Gasteiger partial charge >= 0.3 is 0 Å². The average Bonchev–Trinajstić information content (AvgIpc) is 2.50. The smallest absolute Gasteiger partial charge is 0.238 e. The van der Waals surface area contributed by atoms with Gasteiger partial charge in [0.25, 0.3) is 0 Å². The maximum absolute atomic E-state index is 11.9. The second-order valence-electron chi connectivity index (χ2n) is 5.31. The molecule has 2 aromatic carbocycles. The number of hydrogen-bond donors (Lipinski definition) is 1. The Morgan fingerprint density at radius 2 is 1.77 bits per heavy atom. The van der Waals surface area contributed by atoms with Crippen LogP contribution in [0.3, 0.4) is 0 Å². The van der Waals surface area contributed by atoms with Crippen LogP contribution in [0.5, 0.6) is 5.75 Å². The molecule has 0 bridgehead atoms. The molecule has 0 saturated heterocycles. The molecule has 0 spiro atoms. The summed E-state index contributed by atoms with van der Waals surface area (Å²) in [5.74, 6) is 0.830. The van der Waals surface area contributed by atoms with Crippen molar-refractivity contribution in [2.24, 2.45) is 0 Å². The highest BCUT2D eigenvalue weighted by atomic mass is 16.5. The number of nitrogens with one attached hydrogen (secondary N) is 1. The fourth-order valence-corrected chi connectivity index (χ4v) is 2.00. The van der Waals surface area contributed by atoms with Gasteiger partial charge in [-0.1, -0.05) is 35.9 Å². The van der Waals surface area contributed by atoms with Gasteiger partial charge in [-0.25, -0.2) is 0 Å². The van der Waals surface area contributed by atoms with Crippen LogP contribution in [-0.2, 0) is 4.79 Å². The number of carbonyl (C=O) groups is 1. The summed E-state index contributed by atoms with van der Waals surface area (Å²) < 4.78 is 5.66. The number of para-hydroxylation sites is 1. The molecule has 0 unspecified atom stereocenters. The molecule has 0 atom stereocenters. The van der Waals surface area contributed by atoms with Gasteiger partial charge in [0.05, 0.1) is 6.54 Å². The van der Waals surface area contributed by atoms with E-state index in [4.69, 9.17) is 4.74 Å². The lowest BCUT2D eigenvalue weighted by Gasteiger charge is -2.16. The molecule has 0 aliphatic rings. The molecule has 0 aliphatic carbocycles. The quantitative estimate of drug-likeness (QED) is 0.854. The van der Waals surface area contributed by atoms with Gasteiger partial charge in [0.1, 0.15) is 12.4 Å². The molecule has 0 heterocycles. The van der Waals surface area contributed by atoms with E-state index in [1.807, 2.05) is 73.5 Å². The van der Waals surface area contributed by atoms with Crippen molar-refractivity contribution in [3.63, 3.8) is 0 Å². The minimum atomic E-state index is -0.0240. The Balaban J connectivity index is 1.68. The third-order valence-corrected chi connectivity index (χ3v) is 3.23. The first-order valence-corrected chi connectivity index (χ1v) is 7.36. The maximum Gasteiger partial charge on any atom is 0.238 e. The predicted octanol–water partition coefficient (Wildman–Crippen LogP) is 2.94. The molecular formula is C18H22N2O2. The Kier molecular flexibility index (Phi) is 5.98. The lowest BCUT2D eigenvalue weighted by atomic mass is 10.2. The van der Waals surface area contributed by atoms with Crippen LogP contribution in [0.2, 0.25) is 0 Å². The minimum Gasteiger partial charge on any atom is -0.492 e. The van der Waals surface area contributed by atoms with E-state index in [-0.39, 0.29) is 5.91 Å². The van der Waals surface area contributed by atoms with Crippen molar-refractivity contribution in [2.45, 2.75) is 6.92 Å². The van der Waals surface area contributed by atoms with Gasteiger partial charge in [0, 0.05) is 12.2 Å². The second-order valence-corrected chi connectivity index (χ2v) is 5.31. The zero-order valence-electron chi connectivity index (χ0n) is 13.1. The summed E-state index contributed by atoms with van der Waals surface area (Å²) in [6, 6.07) is 17.4. The monoisotopic (exact) mass is 298 g/mol. The van der Waals surface area contributed by atoms with Crippen molar-refractivity contribution in [3.8, 4) is 5.75 Å². The van der Waals surface area contributed by atoms with E-state index in [9.17, 15) is 4.79 Å². The van der Waals surface area contributed by atoms with Crippen molar-refractivity contribution in [1.82, 2.24) is 4.90 Å². The second kappa shape index (κ2) is 8.20. The molecule has 116 valence electrons. The van der Waals surface area contributed by atoms with Gasteiger partial charge in [-0.15, -0.1) is 0 Å². The van der Waals surface area contributed by atoms with Crippen LogP contribution < -0.4 is 10.1 Å². The van der Waals surface area contributed by atoms with Crippen LogP contribution in [0.4, 0.5) is 5.69 Å². The van der Waals surface area contributed by atoms with Crippen molar-refractivity contribution < 1.29 is 9.53 Å². The number of nitrogens with zero attached hydrogens (tertiary/aromatic N) is 1. The van der Waals surface area contributed by atoms with Gasteiger partial charge in [-0.05, 0) is 38.2 Å². The van der Waals surface area contributed by atoms with Crippen LogP contribution in [0.25, 0.3) is 0 Å². The summed E-state index contributed by atoms with van der Waals surface area (Å²) in [5, 5.41) is 2.87. The van der Waals surface area contributed by atoms with E-state index in [0.717, 1.165) is 11.4 Å². The van der Waals surface area contributed by atoms with Crippen LogP contribution in [0.15, 0.2) is 54.6 Å². The number of amides is 1. The van der Waals surface area contributed by atoms with E-state index in [1.54, 1.807) is 0 Å². The van der Waals surface area contributed by atoms with Gasteiger partial charge < -0.3 is 10.1 Å². The van der Waals surface area contributed by atoms with E-state index < -0.39 is 0 Å². The first kappa shape index (κ1) is 16.0. The average molecular weight is 298 g/mol. The van der Waals surface area contributed by atoms with Crippen LogP contribution in [-0.4, -0.2) is 37.6 Å². The summed E-state index contributed by atoms with van der Waals surface area (Å²) in [5.41, 5.74) is 2.03. The Morgan fingerprint density at radius 3 is 2.45 bits per heavy atom. The minimum absolute atomic E-state index is 0.0240. The van der Waals surface area contributed by atoms with Crippen LogP contribution >= 0.6 is 0 Å². The van der Waals surface area contributed by atoms with Crippen molar-refractivity contribution in [2.75, 3.05) is 32.1 Å². The summed E-state index contributed by atoms with van der Waals surface area (Å²) in [7, 11) is 1.91. The Hall–Kier alpha value is -2.33. The van der Waals surface area contributed by atoms with Crippen LogP contribution in [0.1, 0.15) is 5.56 Å². The molecule has 22 heavy (non-hydrogen) atoms. The molecule has 0 saturated carbocycles. The summed E-state index contributed by atoms with van der Waals surface area (Å²) >= 11 is 0. The SMILES string of the molecule is Cc1ccc(OCCN(C)CC(=O)Nc2ccccc2)cc1. The Morgan fingerprint density at radius 1 is 1.09 bits per heavy atom. The number of likely N-dealkylation sites (N-methyl/N-ethyl adjacent to an activating group) is 1. The van der Waals surface area contributed by atoms with Crippen molar-refractivity contribution in [3.05, 3.63) is 60.2 Å². The van der Waals surface area contributed by atoms with Gasteiger partial charge in [0.15, 0.2) is 0 Å². The lowest BCUT2D eigenvalue weighted by molar-refractivity contribution is -0.117. The Bertz CT molecular complexity index is 582. The van der Waals surface area contributed by atoms with E-state index in [2.05, 4.69) is 5.32 Å². The normalized spacial score (nSPS) is 10.5. The van der Waals surface area contributed by atoms with E-state index in [1.165, 1.54) is 5.56 Å². The summed E-state index contributed by atoms with van der Waals surface area (Å²) in [6.45, 7) is 3.63. The zero-order valence-corrected chi connectivity index (χ0v) is 13.1. The number of ether oxygens (including phenoxy) is 1. The number of anilines is 1. The van der Waals surface area contributed by atoms with Gasteiger partial charge in [-0.2, -0.15) is 0 Å². The number of rotatable bonds is 7. The molecular weight excluding hydrogens is 276 g/mol. The largest absolute Gasteiger partial charge is 0.492 e. The maximum atomic E-state index is 11.9. The molecule has 4 nitrogen and oxygen atoms in total. The highest BCUT2D eigenvalue weighted by Crippen LogP contribution is 2.11. The predicted molar refractivity (Wildman–Crippen MR) is 89.2 cm³/mol. The number of hydrogen-bond acceptors (Lipinski definition) is 3. The standard InChI is InChI=1S/C18H22N2O2/c1-15-8-10-17(11-9-15)22-13-12-20(2)14-18(21)19-16-6-4-3-5-7-16/h3-11H,12-14H2,1-2H3,(H,19,21). The molecule has 0 radical (unpaired) electrons. The number of aryl methyl sites for hydroxylation is 1. The molecule has 0 aromatic heterocycles. The number of benzene rings is 2. The molecule has 2 rings (SSSR count). The Labute approximate surface area is 131 Å². The van der Waals surface area contributed by atoms with Crippen LogP contribution in [0, 0.1) is 6.92 Å². The number of carbonyl (C=O) groups excluding carboxylic acids is 1. The molecule has 2 aromatic rings. The fourth-order valence-electron chi connectivity index (χ4n) is 2.00. The molecule has 1 amide bonds. The van der Waals surface area contributed by atoms with Crippen molar-refractivity contribution in [1.29, 1.82) is 0 Å². The first-order valence-electron chi connectivity index (χ1n) is 7.36. The van der Waals surface area contributed by atoms with Gasteiger partial charge in [0.2, 0.25) is 5.91 Å². The molecule has 1 N–H and O–H groups in total. The lowest BCUT2D eigenvalue weighted by Crippen LogP contribution is -2.33. The zero-order chi connectivity index (χ0) is 15.8. The van der Waals surface area contributed by atoms with Gasteiger partial charge in [-0.3, -0.25) is 9.69 Å². The fraction of sp³-hybridized carbons (Fsp3) is 0.278. The summed E-state index contributed by atoms with van der Waals surface area (Å²) in [4.78, 5) is 13.8. The third-order valence-electron chi connectivity index (χ3n) is 3.23. The highest BCUT2D eigenvalue weighted by Gasteiger charge is 2.06. The molecule has 4 heteroatoms. The highest BCUT2D eigenvalue weighted by molar-refractivity contribution is 5.92. The van der Waals surface area contributed by atoms with Crippen molar-refractivity contribution >= 4 is 11.6 Å². The topological polar surface area (TPSA) is 41.6 Å². The molecule has 0 aliphatic heterocycles.